The van der Waals surface area contributed by atoms with Crippen LogP contribution in [0.4, 0.5) is 5.69 Å². The first kappa shape index (κ1) is 22.0. The Morgan fingerprint density at radius 3 is 2.42 bits per heavy atom. The second-order valence-corrected chi connectivity index (χ2v) is 7.81. The van der Waals surface area contributed by atoms with Gasteiger partial charge in [0.15, 0.2) is 5.82 Å². The zero-order chi connectivity index (χ0) is 23.2. The van der Waals surface area contributed by atoms with Crippen molar-refractivity contribution in [3.05, 3.63) is 96.2 Å². The number of nitrogens with one attached hydrogen (secondary N) is 1. The van der Waals surface area contributed by atoms with E-state index < -0.39 is 0 Å². The number of nitrogens with zero attached hydrogens (tertiary/aromatic N) is 2. The number of rotatable bonds is 7. The number of hydrogen-bond donors (Lipinski definition) is 1. The number of carbonyl (C=O) groups excluding carboxylic acids is 1. The van der Waals surface area contributed by atoms with Crippen molar-refractivity contribution in [3.63, 3.8) is 0 Å². The molecule has 0 bridgehead atoms. The molecule has 0 unspecified atom stereocenters. The van der Waals surface area contributed by atoms with Crippen molar-refractivity contribution in [2.24, 2.45) is 0 Å². The van der Waals surface area contributed by atoms with E-state index in [1.165, 1.54) is 5.56 Å². The smallest absolute Gasteiger partial charge is 0.255 e. The van der Waals surface area contributed by atoms with Gasteiger partial charge in [0.25, 0.3) is 5.91 Å². The van der Waals surface area contributed by atoms with Crippen molar-refractivity contribution >= 4 is 11.6 Å². The summed E-state index contributed by atoms with van der Waals surface area (Å²) in [6.45, 7) is 4.27. The standard InChI is InChI=1S/C27H25N3O3/c1-18(2)19-10-12-22(13-11-19)29-27(31)21-7-4-6-20(16-21)26-28-15-14-25(30-26)33-24-9-5-8-23(17-24)32-3/h4-18H,1-3H3,(H,29,31). The molecule has 0 saturated carbocycles. The third-order valence-electron chi connectivity index (χ3n) is 5.11. The average molecular weight is 440 g/mol. The second kappa shape index (κ2) is 9.96. The highest BCUT2D eigenvalue weighted by molar-refractivity contribution is 6.04. The molecule has 1 amide bonds. The Hall–Kier alpha value is -4.19. The van der Waals surface area contributed by atoms with Gasteiger partial charge in [-0.3, -0.25) is 4.79 Å². The van der Waals surface area contributed by atoms with E-state index in [-0.39, 0.29) is 5.91 Å². The van der Waals surface area contributed by atoms with Crippen molar-refractivity contribution in [2.45, 2.75) is 19.8 Å². The molecule has 0 aliphatic rings. The fourth-order valence-electron chi connectivity index (χ4n) is 3.28. The zero-order valence-corrected chi connectivity index (χ0v) is 18.8. The molecular weight excluding hydrogens is 414 g/mol. The van der Waals surface area contributed by atoms with Crippen LogP contribution in [0, 0.1) is 0 Å². The first-order valence-corrected chi connectivity index (χ1v) is 10.7. The van der Waals surface area contributed by atoms with Gasteiger partial charge in [0, 0.05) is 35.1 Å². The van der Waals surface area contributed by atoms with Crippen molar-refractivity contribution < 1.29 is 14.3 Å². The molecule has 6 heteroatoms. The number of hydrogen-bond acceptors (Lipinski definition) is 5. The maximum atomic E-state index is 12.8. The predicted octanol–water partition coefficient (Wildman–Crippen LogP) is 6.32. The largest absolute Gasteiger partial charge is 0.497 e. The number of amides is 1. The Labute approximate surface area is 193 Å². The first-order chi connectivity index (χ1) is 16.0. The topological polar surface area (TPSA) is 73.3 Å². The summed E-state index contributed by atoms with van der Waals surface area (Å²) in [6, 6.07) is 24.0. The molecule has 4 rings (SSSR count). The third kappa shape index (κ3) is 5.54. The normalized spacial score (nSPS) is 10.7. The van der Waals surface area contributed by atoms with E-state index >= 15 is 0 Å². The Kier molecular flexibility index (Phi) is 6.64. The number of aromatic nitrogens is 2. The maximum Gasteiger partial charge on any atom is 0.255 e. The van der Waals surface area contributed by atoms with Gasteiger partial charge in [0.05, 0.1) is 7.11 Å². The summed E-state index contributed by atoms with van der Waals surface area (Å²) in [7, 11) is 1.60. The Morgan fingerprint density at radius 2 is 1.67 bits per heavy atom. The summed E-state index contributed by atoms with van der Waals surface area (Å²) in [5.41, 5.74) is 3.21. The van der Waals surface area contributed by atoms with Crippen LogP contribution in [0.3, 0.4) is 0 Å². The molecule has 4 aromatic rings. The van der Waals surface area contributed by atoms with E-state index in [2.05, 4.69) is 29.1 Å². The molecule has 1 N–H and O–H groups in total. The van der Waals surface area contributed by atoms with Gasteiger partial charge in [0.1, 0.15) is 11.5 Å². The van der Waals surface area contributed by atoms with Gasteiger partial charge in [-0.25, -0.2) is 4.98 Å². The van der Waals surface area contributed by atoms with Crippen LogP contribution in [0.15, 0.2) is 85.1 Å². The summed E-state index contributed by atoms with van der Waals surface area (Å²) in [4.78, 5) is 21.6. The van der Waals surface area contributed by atoms with Crippen molar-refractivity contribution in [1.82, 2.24) is 9.97 Å². The van der Waals surface area contributed by atoms with E-state index in [1.807, 2.05) is 54.6 Å². The van der Waals surface area contributed by atoms with Crippen molar-refractivity contribution in [1.29, 1.82) is 0 Å². The number of carbonyl (C=O) groups is 1. The van der Waals surface area contributed by atoms with Crippen LogP contribution in [0.1, 0.15) is 35.7 Å². The van der Waals surface area contributed by atoms with E-state index in [1.54, 1.807) is 37.6 Å². The van der Waals surface area contributed by atoms with E-state index in [0.717, 1.165) is 5.69 Å². The molecule has 0 spiro atoms. The fraction of sp³-hybridized carbons (Fsp3) is 0.148. The minimum atomic E-state index is -0.196. The van der Waals surface area contributed by atoms with Gasteiger partial charge in [0.2, 0.25) is 5.88 Å². The molecule has 0 aliphatic heterocycles. The minimum Gasteiger partial charge on any atom is -0.497 e. The summed E-state index contributed by atoms with van der Waals surface area (Å²) >= 11 is 0. The molecule has 0 atom stereocenters. The van der Waals surface area contributed by atoms with Crippen LogP contribution >= 0.6 is 0 Å². The van der Waals surface area contributed by atoms with Gasteiger partial charge >= 0.3 is 0 Å². The molecule has 6 nitrogen and oxygen atoms in total. The Bertz CT molecular complexity index is 1250. The van der Waals surface area contributed by atoms with Crippen molar-refractivity contribution in [3.8, 4) is 28.8 Å². The average Bonchev–Trinajstić information content (AvgIpc) is 2.85. The Morgan fingerprint density at radius 1 is 0.909 bits per heavy atom. The molecule has 33 heavy (non-hydrogen) atoms. The molecule has 0 aliphatic carbocycles. The first-order valence-electron chi connectivity index (χ1n) is 10.7. The zero-order valence-electron chi connectivity index (χ0n) is 18.8. The maximum absolute atomic E-state index is 12.8. The number of ether oxygens (including phenoxy) is 2. The second-order valence-electron chi connectivity index (χ2n) is 7.81. The number of benzene rings is 3. The van der Waals surface area contributed by atoms with Crippen LogP contribution in [0.2, 0.25) is 0 Å². The molecule has 0 radical (unpaired) electrons. The van der Waals surface area contributed by atoms with Crippen LogP contribution in [0.25, 0.3) is 11.4 Å². The van der Waals surface area contributed by atoms with Gasteiger partial charge in [-0.1, -0.05) is 44.2 Å². The molecule has 166 valence electrons. The van der Waals surface area contributed by atoms with Gasteiger partial charge < -0.3 is 14.8 Å². The number of anilines is 1. The predicted molar refractivity (Wildman–Crippen MR) is 129 cm³/mol. The van der Waals surface area contributed by atoms with Crippen LogP contribution in [0.5, 0.6) is 17.4 Å². The lowest BCUT2D eigenvalue weighted by Gasteiger charge is -2.10. The highest BCUT2D eigenvalue weighted by Crippen LogP contribution is 2.26. The highest BCUT2D eigenvalue weighted by atomic mass is 16.5. The van der Waals surface area contributed by atoms with Gasteiger partial charge in [-0.2, -0.15) is 4.98 Å². The monoisotopic (exact) mass is 439 g/mol. The molecule has 1 aromatic heterocycles. The SMILES string of the molecule is COc1cccc(Oc2ccnc(-c3cccc(C(=O)Nc4ccc(C(C)C)cc4)c3)n2)c1. The van der Waals surface area contributed by atoms with E-state index in [4.69, 9.17) is 9.47 Å². The van der Waals surface area contributed by atoms with Crippen LogP contribution in [-0.4, -0.2) is 23.0 Å². The molecule has 1 heterocycles. The molecular formula is C27H25N3O3. The highest BCUT2D eigenvalue weighted by Gasteiger charge is 2.11. The lowest BCUT2D eigenvalue weighted by atomic mass is 10.0. The summed E-state index contributed by atoms with van der Waals surface area (Å²) < 4.78 is 11.1. The molecule has 3 aromatic carbocycles. The molecule has 0 saturated heterocycles. The summed E-state index contributed by atoms with van der Waals surface area (Å²) in [5, 5.41) is 2.94. The fourth-order valence-corrected chi connectivity index (χ4v) is 3.28. The minimum absolute atomic E-state index is 0.196. The molecule has 0 fully saturated rings. The van der Waals surface area contributed by atoms with Gasteiger partial charge in [-0.05, 0) is 47.9 Å². The summed E-state index contributed by atoms with van der Waals surface area (Å²) in [5.74, 6) is 2.41. The van der Waals surface area contributed by atoms with E-state index in [0.29, 0.717) is 40.2 Å². The van der Waals surface area contributed by atoms with Crippen LogP contribution < -0.4 is 14.8 Å². The van der Waals surface area contributed by atoms with E-state index in [9.17, 15) is 4.79 Å². The lowest BCUT2D eigenvalue weighted by Crippen LogP contribution is -2.12. The summed E-state index contributed by atoms with van der Waals surface area (Å²) in [6.07, 6.45) is 1.63. The number of methoxy groups -OCH3 is 1. The quantitative estimate of drug-likeness (QED) is 0.365. The lowest BCUT2D eigenvalue weighted by molar-refractivity contribution is 0.102. The third-order valence-corrected chi connectivity index (χ3v) is 5.11. The van der Waals surface area contributed by atoms with Crippen LogP contribution in [-0.2, 0) is 0 Å². The van der Waals surface area contributed by atoms with Gasteiger partial charge in [-0.15, -0.1) is 0 Å². The Balaban J connectivity index is 1.51. The van der Waals surface area contributed by atoms with Crippen molar-refractivity contribution in [2.75, 3.05) is 12.4 Å².